The van der Waals surface area contributed by atoms with Crippen LogP contribution in [0.15, 0.2) is 36.4 Å². The normalized spacial score (nSPS) is 13.4. The van der Waals surface area contributed by atoms with Crippen molar-refractivity contribution >= 4 is 11.7 Å². The van der Waals surface area contributed by atoms with Gasteiger partial charge < -0.3 is 24.3 Å². The molecule has 0 fully saturated rings. The summed E-state index contributed by atoms with van der Waals surface area (Å²) < 4.78 is 21.2. The summed E-state index contributed by atoms with van der Waals surface area (Å²) in [6, 6.07) is 11.4. The standard InChI is InChI=1S/C21H21NO6/c23-16(3-1-2-14-4-6-17-19(10-14)27-12-25-17)21(24)22-9-8-15-5-7-18-20(11-15)28-13-26-18/h4-7,10-11H,1-3,8-9,12-13H2,(H,22,24). The third-order valence-electron chi connectivity index (χ3n) is 4.70. The lowest BCUT2D eigenvalue weighted by molar-refractivity contribution is -0.137. The van der Waals surface area contributed by atoms with Crippen LogP contribution in [0.2, 0.25) is 0 Å². The van der Waals surface area contributed by atoms with E-state index in [9.17, 15) is 9.59 Å². The van der Waals surface area contributed by atoms with Crippen molar-refractivity contribution in [3.63, 3.8) is 0 Å². The van der Waals surface area contributed by atoms with E-state index in [1.807, 2.05) is 36.4 Å². The Morgan fingerprint density at radius 1 is 0.786 bits per heavy atom. The maximum atomic E-state index is 12.0. The number of amides is 1. The number of Topliss-reactive ketones (excluding diaryl/α,β-unsaturated/α-hetero) is 1. The molecule has 2 aliphatic rings. The SMILES string of the molecule is O=C(CCCc1ccc2c(c1)OCO2)C(=O)NCCc1ccc2c(c1)OCO2. The van der Waals surface area contributed by atoms with Gasteiger partial charge in [-0.15, -0.1) is 0 Å². The molecule has 0 spiro atoms. The number of carbonyl (C=O) groups excluding carboxylic acids is 2. The molecule has 1 amide bonds. The Kier molecular flexibility index (Phi) is 5.32. The second-order valence-electron chi connectivity index (χ2n) is 6.66. The summed E-state index contributed by atoms with van der Waals surface area (Å²) in [5, 5.41) is 2.68. The van der Waals surface area contributed by atoms with E-state index in [2.05, 4.69) is 5.32 Å². The molecule has 4 rings (SSSR count). The number of hydrogen-bond acceptors (Lipinski definition) is 6. The van der Waals surface area contributed by atoms with E-state index in [1.54, 1.807) is 0 Å². The number of carbonyl (C=O) groups is 2. The first kappa shape index (κ1) is 18.2. The lowest BCUT2D eigenvalue weighted by Gasteiger charge is -2.06. The van der Waals surface area contributed by atoms with E-state index in [1.165, 1.54) is 0 Å². The molecule has 2 aromatic carbocycles. The Morgan fingerprint density at radius 3 is 2.00 bits per heavy atom. The first-order valence-corrected chi connectivity index (χ1v) is 9.27. The Balaban J connectivity index is 1.17. The fourth-order valence-corrected chi connectivity index (χ4v) is 3.18. The molecule has 0 aliphatic carbocycles. The van der Waals surface area contributed by atoms with Gasteiger partial charge in [0, 0.05) is 13.0 Å². The molecule has 2 heterocycles. The van der Waals surface area contributed by atoms with E-state index in [0.29, 0.717) is 31.6 Å². The van der Waals surface area contributed by atoms with Crippen molar-refractivity contribution in [1.82, 2.24) is 5.32 Å². The maximum Gasteiger partial charge on any atom is 0.287 e. The van der Waals surface area contributed by atoms with Gasteiger partial charge in [0.15, 0.2) is 23.0 Å². The molecule has 0 aromatic heterocycles. The van der Waals surface area contributed by atoms with Crippen LogP contribution in [-0.2, 0) is 22.4 Å². The first-order chi connectivity index (χ1) is 13.7. The molecule has 0 bridgehead atoms. The van der Waals surface area contributed by atoms with Crippen molar-refractivity contribution < 1.29 is 28.5 Å². The van der Waals surface area contributed by atoms with Crippen molar-refractivity contribution in [2.45, 2.75) is 25.7 Å². The summed E-state index contributed by atoms with van der Waals surface area (Å²) in [5.41, 5.74) is 2.07. The van der Waals surface area contributed by atoms with Crippen LogP contribution < -0.4 is 24.3 Å². The quantitative estimate of drug-likeness (QED) is 0.705. The van der Waals surface area contributed by atoms with E-state index in [0.717, 1.165) is 28.4 Å². The van der Waals surface area contributed by atoms with Crippen LogP contribution in [0.1, 0.15) is 24.0 Å². The fourth-order valence-electron chi connectivity index (χ4n) is 3.18. The van der Waals surface area contributed by atoms with Crippen molar-refractivity contribution in [2.75, 3.05) is 20.1 Å². The Morgan fingerprint density at radius 2 is 1.36 bits per heavy atom. The first-order valence-electron chi connectivity index (χ1n) is 9.27. The number of rotatable bonds is 8. The van der Waals surface area contributed by atoms with Gasteiger partial charge in [0.2, 0.25) is 19.4 Å². The zero-order chi connectivity index (χ0) is 19.3. The Bertz CT molecular complexity index is 821. The van der Waals surface area contributed by atoms with E-state index in [-0.39, 0.29) is 20.0 Å². The minimum atomic E-state index is -0.536. The third-order valence-corrected chi connectivity index (χ3v) is 4.70. The summed E-state index contributed by atoms with van der Waals surface area (Å²) in [5.74, 6) is 1.97. The zero-order valence-electron chi connectivity index (χ0n) is 15.4. The zero-order valence-corrected chi connectivity index (χ0v) is 15.4. The van der Waals surface area contributed by atoms with E-state index < -0.39 is 11.7 Å². The predicted octanol–water partition coefficient (Wildman–Crippen LogP) is 2.39. The number of aryl methyl sites for hydroxylation is 1. The Hall–Kier alpha value is -3.22. The molecule has 0 saturated carbocycles. The highest BCUT2D eigenvalue weighted by Gasteiger charge is 2.16. The number of benzene rings is 2. The van der Waals surface area contributed by atoms with E-state index >= 15 is 0 Å². The lowest BCUT2D eigenvalue weighted by Crippen LogP contribution is -2.32. The van der Waals surface area contributed by atoms with Crippen molar-refractivity contribution in [3.05, 3.63) is 47.5 Å². The average Bonchev–Trinajstić information content (AvgIpc) is 3.36. The molecule has 146 valence electrons. The molecule has 7 nitrogen and oxygen atoms in total. The van der Waals surface area contributed by atoms with Crippen LogP contribution >= 0.6 is 0 Å². The number of ether oxygens (including phenoxy) is 4. The summed E-state index contributed by atoms with van der Waals surface area (Å²) in [6.45, 7) is 0.867. The third kappa shape index (κ3) is 4.19. The maximum absolute atomic E-state index is 12.0. The molecule has 28 heavy (non-hydrogen) atoms. The number of fused-ring (bicyclic) bond motifs is 2. The number of ketones is 1. The second-order valence-corrected chi connectivity index (χ2v) is 6.66. The van der Waals surface area contributed by atoms with Crippen LogP contribution in [-0.4, -0.2) is 31.8 Å². The molecule has 0 radical (unpaired) electrons. The highest BCUT2D eigenvalue weighted by Crippen LogP contribution is 2.33. The minimum Gasteiger partial charge on any atom is -0.454 e. The minimum absolute atomic E-state index is 0.213. The highest BCUT2D eigenvalue weighted by molar-refractivity contribution is 6.36. The van der Waals surface area contributed by atoms with Gasteiger partial charge in [-0.1, -0.05) is 12.1 Å². The van der Waals surface area contributed by atoms with Gasteiger partial charge in [-0.3, -0.25) is 9.59 Å². The lowest BCUT2D eigenvalue weighted by atomic mass is 10.1. The summed E-state index contributed by atoms with van der Waals surface area (Å²) >= 11 is 0. The summed E-state index contributed by atoms with van der Waals surface area (Å²) in [6.07, 6.45) is 2.14. The highest BCUT2D eigenvalue weighted by atomic mass is 16.7. The molecule has 1 N–H and O–H groups in total. The predicted molar refractivity (Wildman–Crippen MR) is 99.8 cm³/mol. The molecule has 2 aromatic rings. The molecule has 0 saturated heterocycles. The van der Waals surface area contributed by atoms with Gasteiger partial charge in [0.05, 0.1) is 0 Å². The molecule has 0 unspecified atom stereocenters. The Labute approximate surface area is 162 Å². The van der Waals surface area contributed by atoms with Gasteiger partial charge in [-0.25, -0.2) is 0 Å². The van der Waals surface area contributed by atoms with Gasteiger partial charge >= 0.3 is 0 Å². The average molecular weight is 383 g/mol. The molecule has 7 heteroatoms. The topological polar surface area (TPSA) is 83.1 Å². The smallest absolute Gasteiger partial charge is 0.287 e. The number of hydrogen-bond donors (Lipinski definition) is 1. The molecule has 0 atom stereocenters. The van der Waals surface area contributed by atoms with E-state index in [4.69, 9.17) is 18.9 Å². The van der Waals surface area contributed by atoms with Gasteiger partial charge in [0.1, 0.15) is 0 Å². The largest absolute Gasteiger partial charge is 0.454 e. The van der Waals surface area contributed by atoms with Gasteiger partial charge in [0.25, 0.3) is 5.91 Å². The van der Waals surface area contributed by atoms with Crippen LogP contribution in [0.4, 0.5) is 0 Å². The summed E-state index contributed by atoms with van der Waals surface area (Å²) in [4.78, 5) is 24.0. The van der Waals surface area contributed by atoms with Crippen LogP contribution in [0.5, 0.6) is 23.0 Å². The molecular weight excluding hydrogens is 362 g/mol. The van der Waals surface area contributed by atoms with Gasteiger partial charge in [-0.05, 0) is 54.7 Å². The van der Waals surface area contributed by atoms with Gasteiger partial charge in [-0.2, -0.15) is 0 Å². The van der Waals surface area contributed by atoms with Crippen LogP contribution in [0, 0.1) is 0 Å². The summed E-state index contributed by atoms with van der Waals surface area (Å²) in [7, 11) is 0. The second kappa shape index (κ2) is 8.21. The van der Waals surface area contributed by atoms with Crippen LogP contribution in [0.3, 0.4) is 0 Å². The van der Waals surface area contributed by atoms with Crippen molar-refractivity contribution in [1.29, 1.82) is 0 Å². The number of nitrogens with one attached hydrogen (secondary N) is 1. The molecule has 2 aliphatic heterocycles. The van der Waals surface area contributed by atoms with Crippen molar-refractivity contribution in [3.8, 4) is 23.0 Å². The molecular formula is C21H21NO6. The monoisotopic (exact) mass is 383 g/mol. The fraction of sp³-hybridized carbons (Fsp3) is 0.333. The van der Waals surface area contributed by atoms with Crippen LogP contribution in [0.25, 0.3) is 0 Å². The van der Waals surface area contributed by atoms with Crippen molar-refractivity contribution in [2.24, 2.45) is 0 Å².